The van der Waals surface area contributed by atoms with Crippen LogP contribution in [0.25, 0.3) is 10.9 Å². The van der Waals surface area contributed by atoms with Crippen LogP contribution in [0.4, 0.5) is 10.8 Å². The fourth-order valence-corrected chi connectivity index (χ4v) is 2.69. The first-order valence-electron chi connectivity index (χ1n) is 6.20. The largest absolute Gasteiger partial charge is 0.480 e. The summed E-state index contributed by atoms with van der Waals surface area (Å²) in [5, 5.41) is 15.3. The number of fused-ring (bicyclic) bond motifs is 1. The molecule has 6 nitrogen and oxygen atoms in total. The van der Waals surface area contributed by atoms with Crippen LogP contribution in [0.5, 0.6) is 0 Å². The van der Waals surface area contributed by atoms with Crippen LogP contribution in [-0.2, 0) is 4.79 Å². The number of nitrogens with two attached hydrogens (primary N) is 1. The number of carboxylic acid groups (broad SMARTS) is 1. The van der Waals surface area contributed by atoms with Crippen molar-refractivity contribution in [3.63, 3.8) is 0 Å². The van der Waals surface area contributed by atoms with E-state index < -0.39 is 12.0 Å². The fraction of sp³-hybridized carbons (Fsp3) is 0.0714. The van der Waals surface area contributed by atoms with Crippen molar-refractivity contribution < 1.29 is 9.90 Å². The van der Waals surface area contributed by atoms with Crippen molar-refractivity contribution in [3.05, 3.63) is 47.6 Å². The van der Waals surface area contributed by atoms with Gasteiger partial charge in [0.05, 0.1) is 16.9 Å². The quantitative estimate of drug-likeness (QED) is 0.684. The van der Waals surface area contributed by atoms with E-state index in [1.165, 1.54) is 11.3 Å². The van der Waals surface area contributed by atoms with E-state index in [1.807, 2.05) is 30.3 Å². The minimum absolute atomic E-state index is 0.336. The molecule has 0 aliphatic rings. The highest BCUT2D eigenvalue weighted by Crippen LogP contribution is 2.27. The number of nitrogens with zero attached hydrogens (tertiary/aromatic N) is 2. The maximum absolute atomic E-state index is 10.9. The first-order chi connectivity index (χ1) is 10.1. The number of pyridine rings is 1. The number of rotatable bonds is 4. The van der Waals surface area contributed by atoms with Crippen molar-refractivity contribution in [2.45, 2.75) is 6.04 Å². The summed E-state index contributed by atoms with van der Waals surface area (Å²) in [5.74, 6) is -1.10. The van der Waals surface area contributed by atoms with E-state index in [9.17, 15) is 4.79 Å². The number of para-hydroxylation sites is 1. The van der Waals surface area contributed by atoms with Crippen LogP contribution in [0.1, 0.15) is 11.7 Å². The second-order valence-corrected chi connectivity index (χ2v) is 5.26. The summed E-state index contributed by atoms with van der Waals surface area (Å²) in [6.07, 6.45) is 1.72. The number of hydrogen-bond donors (Lipinski definition) is 3. The first-order valence-corrected chi connectivity index (χ1v) is 7.07. The minimum Gasteiger partial charge on any atom is -0.480 e. The Morgan fingerprint density at radius 2 is 2.14 bits per heavy atom. The van der Waals surface area contributed by atoms with Gasteiger partial charge in [0.25, 0.3) is 0 Å². The molecule has 2 aromatic heterocycles. The first kappa shape index (κ1) is 13.5. The topological polar surface area (TPSA) is 101 Å². The average molecular weight is 300 g/mol. The van der Waals surface area contributed by atoms with Crippen LogP contribution in [0.15, 0.2) is 41.9 Å². The van der Waals surface area contributed by atoms with Crippen LogP contribution in [0.2, 0.25) is 0 Å². The van der Waals surface area contributed by atoms with Crippen LogP contribution in [0.3, 0.4) is 0 Å². The van der Waals surface area contributed by atoms with Gasteiger partial charge >= 0.3 is 5.97 Å². The molecule has 0 saturated carbocycles. The molecule has 4 N–H and O–H groups in total. The van der Waals surface area contributed by atoms with Crippen LogP contribution >= 0.6 is 11.3 Å². The van der Waals surface area contributed by atoms with Crippen LogP contribution in [0, 0.1) is 0 Å². The number of benzene rings is 1. The number of thiazole rings is 1. The monoisotopic (exact) mass is 300 g/mol. The van der Waals surface area contributed by atoms with Crippen molar-refractivity contribution in [2.24, 2.45) is 5.73 Å². The Morgan fingerprint density at radius 3 is 2.95 bits per heavy atom. The van der Waals surface area contributed by atoms with Gasteiger partial charge in [0.1, 0.15) is 6.04 Å². The summed E-state index contributed by atoms with van der Waals surface area (Å²) < 4.78 is 0. The predicted octanol–water partition coefficient (Wildman–Crippen LogP) is 2.52. The lowest BCUT2D eigenvalue weighted by molar-refractivity contribution is -0.138. The molecule has 7 heteroatoms. The van der Waals surface area contributed by atoms with E-state index >= 15 is 0 Å². The van der Waals surface area contributed by atoms with Crippen LogP contribution < -0.4 is 11.1 Å². The van der Waals surface area contributed by atoms with Gasteiger partial charge in [-0.1, -0.05) is 18.2 Å². The maximum Gasteiger partial charge on any atom is 0.326 e. The third-order valence-corrected chi connectivity index (χ3v) is 3.76. The summed E-state index contributed by atoms with van der Waals surface area (Å²) in [6, 6.07) is 8.53. The number of aromatic nitrogens is 2. The molecule has 1 unspecified atom stereocenters. The highest BCUT2D eigenvalue weighted by atomic mass is 32.1. The Labute approximate surface area is 124 Å². The SMILES string of the molecule is NC(C(=O)O)c1csc(Nc2cccc3cccnc23)n1. The molecule has 2 heterocycles. The van der Waals surface area contributed by atoms with E-state index in [-0.39, 0.29) is 0 Å². The average Bonchev–Trinajstić information content (AvgIpc) is 2.95. The number of anilines is 2. The summed E-state index contributed by atoms with van der Waals surface area (Å²) >= 11 is 1.31. The number of hydrogen-bond acceptors (Lipinski definition) is 6. The van der Waals surface area contributed by atoms with E-state index in [0.717, 1.165) is 16.6 Å². The Balaban J connectivity index is 1.91. The van der Waals surface area contributed by atoms with E-state index in [1.54, 1.807) is 11.6 Å². The summed E-state index contributed by atoms with van der Waals surface area (Å²) in [6.45, 7) is 0. The zero-order chi connectivity index (χ0) is 14.8. The Bertz CT molecular complexity index is 797. The molecular weight excluding hydrogens is 288 g/mol. The molecule has 21 heavy (non-hydrogen) atoms. The molecular formula is C14H12N4O2S. The molecule has 3 rings (SSSR count). The number of aliphatic carboxylic acids is 1. The number of carbonyl (C=O) groups is 1. The van der Waals surface area contributed by atoms with Crippen LogP contribution in [-0.4, -0.2) is 21.0 Å². The van der Waals surface area contributed by atoms with Gasteiger partial charge in [-0.25, -0.2) is 4.98 Å². The van der Waals surface area contributed by atoms with Gasteiger partial charge in [-0.3, -0.25) is 9.78 Å². The molecule has 1 atom stereocenters. The van der Waals surface area contributed by atoms with Gasteiger partial charge in [-0.05, 0) is 12.1 Å². The molecule has 0 saturated heterocycles. The van der Waals surface area contributed by atoms with Crippen molar-refractivity contribution >= 4 is 39.0 Å². The predicted molar refractivity (Wildman–Crippen MR) is 81.7 cm³/mol. The molecule has 3 aromatic rings. The van der Waals surface area contributed by atoms with E-state index in [4.69, 9.17) is 10.8 Å². The second-order valence-electron chi connectivity index (χ2n) is 4.40. The Kier molecular flexibility index (Phi) is 3.51. The van der Waals surface area contributed by atoms with Gasteiger partial charge in [-0.2, -0.15) is 0 Å². The van der Waals surface area contributed by atoms with Gasteiger partial charge in [0, 0.05) is 17.0 Å². The lowest BCUT2D eigenvalue weighted by Crippen LogP contribution is -2.20. The number of carboxylic acids is 1. The van der Waals surface area contributed by atoms with Gasteiger partial charge in [-0.15, -0.1) is 11.3 Å². The molecule has 0 fully saturated rings. The van der Waals surface area contributed by atoms with E-state index in [2.05, 4.69) is 15.3 Å². The molecule has 0 spiro atoms. The van der Waals surface area contributed by atoms with Crippen molar-refractivity contribution in [1.82, 2.24) is 9.97 Å². The minimum atomic E-state index is -1.11. The van der Waals surface area contributed by atoms with E-state index in [0.29, 0.717) is 10.8 Å². The van der Waals surface area contributed by atoms with Crippen molar-refractivity contribution in [1.29, 1.82) is 0 Å². The third-order valence-electron chi connectivity index (χ3n) is 2.98. The second kappa shape index (κ2) is 5.47. The van der Waals surface area contributed by atoms with Crippen molar-refractivity contribution in [2.75, 3.05) is 5.32 Å². The molecule has 0 bridgehead atoms. The Morgan fingerprint density at radius 1 is 1.33 bits per heavy atom. The summed E-state index contributed by atoms with van der Waals surface area (Å²) in [5.41, 5.74) is 7.53. The molecule has 0 aliphatic heterocycles. The molecule has 0 amide bonds. The Hall–Kier alpha value is -2.51. The smallest absolute Gasteiger partial charge is 0.326 e. The standard InChI is InChI=1S/C14H12N4O2S/c15-11(13(19)20)10-7-21-14(18-10)17-9-5-1-3-8-4-2-6-16-12(8)9/h1-7,11H,15H2,(H,17,18)(H,19,20). The fourth-order valence-electron chi connectivity index (χ4n) is 1.93. The maximum atomic E-state index is 10.9. The highest BCUT2D eigenvalue weighted by molar-refractivity contribution is 7.13. The molecule has 0 aliphatic carbocycles. The lowest BCUT2D eigenvalue weighted by Gasteiger charge is -2.06. The molecule has 106 valence electrons. The summed E-state index contributed by atoms with van der Waals surface area (Å²) in [4.78, 5) is 19.4. The zero-order valence-corrected chi connectivity index (χ0v) is 11.7. The van der Waals surface area contributed by atoms with Gasteiger partial charge in [0.2, 0.25) is 0 Å². The van der Waals surface area contributed by atoms with Gasteiger partial charge < -0.3 is 16.2 Å². The molecule has 0 radical (unpaired) electrons. The zero-order valence-electron chi connectivity index (χ0n) is 10.9. The third kappa shape index (κ3) is 2.69. The highest BCUT2D eigenvalue weighted by Gasteiger charge is 2.17. The van der Waals surface area contributed by atoms with Crippen molar-refractivity contribution in [3.8, 4) is 0 Å². The number of nitrogens with one attached hydrogen (secondary N) is 1. The molecule has 1 aromatic carbocycles. The van der Waals surface area contributed by atoms with Gasteiger partial charge in [0.15, 0.2) is 5.13 Å². The summed E-state index contributed by atoms with van der Waals surface area (Å²) in [7, 11) is 0. The normalized spacial score (nSPS) is 12.2. The lowest BCUT2D eigenvalue weighted by atomic mass is 10.2.